The number of carbonyl (C=O) groups excluding carboxylic acids is 2. The molecule has 0 N–H and O–H groups in total. The molecule has 0 unspecified atom stereocenters. The minimum absolute atomic E-state index is 0.0851. The molecule has 0 spiro atoms. The third-order valence-corrected chi connectivity index (χ3v) is 6.04. The Morgan fingerprint density at radius 3 is 2.46 bits per heavy atom. The number of ether oxygens (including phenoxy) is 1. The van der Waals surface area contributed by atoms with Crippen LogP contribution in [0.4, 0.5) is 0 Å². The normalized spacial score (nSPS) is 14.7. The van der Waals surface area contributed by atoms with Crippen LogP contribution in [-0.2, 0) is 9.53 Å². The highest BCUT2D eigenvalue weighted by molar-refractivity contribution is 7.09. The van der Waals surface area contributed by atoms with Gasteiger partial charge in [0.25, 0.3) is 0 Å². The summed E-state index contributed by atoms with van der Waals surface area (Å²) in [6.07, 6.45) is 4.73. The largest absolute Gasteiger partial charge is 0.371 e. The molecule has 5 nitrogen and oxygen atoms in total. The summed E-state index contributed by atoms with van der Waals surface area (Å²) >= 11 is 1.46. The van der Waals surface area contributed by atoms with E-state index in [-0.39, 0.29) is 18.1 Å². The Bertz CT molecular complexity index is 588. The van der Waals surface area contributed by atoms with E-state index in [1.54, 1.807) is 5.38 Å². The Balaban J connectivity index is 3.07. The average Bonchev–Trinajstić information content (AvgIpc) is 3.15. The lowest BCUT2D eigenvalue weighted by Crippen LogP contribution is -2.45. The van der Waals surface area contributed by atoms with Crippen LogP contribution in [0.3, 0.4) is 0 Å². The zero-order valence-electron chi connectivity index (χ0n) is 18.4. The number of rotatable bonds is 14. The summed E-state index contributed by atoms with van der Waals surface area (Å²) in [4.78, 5) is 30.6. The van der Waals surface area contributed by atoms with Crippen LogP contribution in [0.15, 0.2) is 5.38 Å². The molecule has 1 rings (SSSR count). The van der Waals surface area contributed by atoms with Gasteiger partial charge in [-0.1, -0.05) is 48.0 Å². The van der Waals surface area contributed by atoms with Crippen LogP contribution in [-0.4, -0.2) is 41.3 Å². The number of nitrogens with zero attached hydrogens (tertiary/aromatic N) is 2. The number of amides is 1. The van der Waals surface area contributed by atoms with Crippen molar-refractivity contribution in [1.29, 1.82) is 0 Å². The molecule has 0 bridgehead atoms. The first-order valence-electron chi connectivity index (χ1n) is 10.7. The lowest BCUT2D eigenvalue weighted by molar-refractivity contribution is -0.136. The van der Waals surface area contributed by atoms with Gasteiger partial charge in [-0.25, -0.2) is 4.98 Å². The highest BCUT2D eigenvalue weighted by Gasteiger charge is 2.31. The molecule has 28 heavy (non-hydrogen) atoms. The molecule has 160 valence electrons. The van der Waals surface area contributed by atoms with Crippen molar-refractivity contribution in [3.63, 3.8) is 0 Å². The van der Waals surface area contributed by atoms with E-state index in [0.29, 0.717) is 37.0 Å². The zero-order valence-corrected chi connectivity index (χ0v) is 19.3. The van der Waals surface area contributed by atoms with Gasteiger partial charge in [0.15, 0.2) is 6.29 Å². The quantitative estimate of drug-likeness (QED) is 0.379. The van der Waals surface area contributed by atoms with E-state index >= 15 is 0 Å². The second-order valence-electron chi connectivity index (χ2n) is 7.94. The Kier molecular flexibility index (Phi) is 11.5. The molecule has 6 heteroatoms. The van der Waals surface area contributed by atoms with E-state index < -0.39 is 0 Å². The molecule has 0 aliphatic rings. The molecular formula is C22H38N2O3S. The number of aromatic nitrogens is 1. The minimum atomic E-state index is -0.193. The highest BCUT2D eigenvalue weighted by atomic mass is 32.1. The number of carbonyl (C=O) groups is 2. The second-order valence-corrected chi connectivity index (χ2v) is 8.83. The standard InChI is InChI=1S/C22H38N2O3S/c1-7-10-24(21(26)12-17(6)9-3)19(16(4)5)13-20(27-11-8-2)22-23-18(14-25)15-28-22/h14-17,19-20H,7-13H2,1-6H3/t17-,19+,20+/m0/s1. The number of hydrogen-bond donors (Lipinski definition) is 0. The third-order valence-electron chi connectivity index (χ3n) is 5.09. The molecule has 0 aromatic carbocycles. The van der Waals surface area contributed by atoms with Crippen LogP contribution in [0.1, 0.15) is 95.2 Å². The van der Waals surface area contributed by atoms with E-state index in [0.717, 1.165) is 37.1 Å². The van der Waals surface area contributed by atoms with Gasteiger partial charge in [-0.3, -0.25) is 9.59 Å². The first kappa shape index (κ1) is 24.8. The molecule has 0 saturated heterocycles. The number of thiazole rings is 1. The van der Waals surface area contributed by atoms with E-state index in [2.05, 4.69) is 51.4 Å². The summed E-state index contributed by atoms with van der Waals surface area (Å²) in [6.45, 7) is 14.2. The fraction of sp³-hybridized carbons (Fsp3) is 0.773. The third kappa shape index (κ3) is 7.63. The van der Waals surface area contributed by atoms with Crippen LogP contribution >= 0.6 is 11.3 Å². The Labute approximate surface area is 174 Å². The maximum atomic E-state index is 13.1. The zero-order chi connectivity index (χ0) is 21.1. The summed E-state index contributed by atoms with van der Waals surface area (Å²) in [6, 6.07) is 0.0851. The van der Waals surface area contributed by atoms with Crippen molar-refractivity contribution in [2.24, 2.45) is 11.8 Å². The number of aldehydes is 1. The van der Waals surface area contributed by atoms with E-state index in [4.69, 9.17) is 4.74 Å². The molecule has 1 aromatic heterocycles. The van der Waals surface area contributed by atoms with Crippen molar-refractivity contribution in [3.05, 3.63) is 16.1 Å². The summed E-state index contributed by atoms with van der Waals surface area (Å²) in [7, 11) is 0. The SMILES string of the molecule is CCCO[C@H](C[C@H](C(C)C)N(CCC)C(=O)C[C@@H](C)CC)c1nc(C=O)cs1. The summed E-state index contributed by atoms with van der Waals surface area (Å²) in [5.41, 5.74) is 0.449. The van der Waals surface area contributed by atoms with Gasteiger partial charge >= 0.3 is 0 Å². The molecule has 0 radical (unpaired) electrons. The summed E-state index contributed by atoms with van der Waals surface area (Å²) in [5, 5.41) is 2.60. The lowest BCUT2D eigenvalue weighted by atomic mass is 9.94. The maximum absolute atomic E-state index is 13.1. The van der Waals surface area contributed by atoms with E-state index in [1.807, 2.05) is 0 Å². The second kappa shape index (κ2) is 13.0. The van der Waals surface area contributed by atoms with Gasteiger partial charge in [-0.15, -0.1) is 11.3 Å². The van der Waals surface area contributed by atoms with Crippen LogP contribution in [0.5, 0.6) is 0 Å². The first-order chi connectivity index (χ1) is 13.4. The van der Waals surface area contributed by atoms with Crippen molar-refractivity contribution >= 4 is 23.5 Å². The van der Waals surface area contributed by atoms with Crippen molar-refractivity contribution in [1.82, 2.24) is 9.88 Å². The smallest absolute Gasteiger partial charge is 0.223 e. The van der Waals surface area contributed by atoms with Gasteiger partial charge in [0, 0.05) is 37.4 Å². The van der Waals surface area contributed by atoms with Gasteiger partial charge in [0.2, 0.25) is 5.91 Å². The maximum Gasteiger partial charge on any atom is 0.223 e. The van der Waals surface area contributed by atoms with Crippen LogP contribution in [0.2, 0.25) is 0 Å². The average molecular weight is 411 g/mol. The number of hydrogen-bond acceptors (Lipinski definition) is 5. The molecule has 0 fully saturated rings. The van der Waals surface area contributed by atoms with Crippen molar-refractivity contribution in [3.8, 4) is 0 Å². The molecule has 1 heterocycles. The van der Waals surface area contributed by atoms with Crippen molar-refractivity contribution in [2.75, 3.05) is 13.2 Å². The molecule has 0 aliphatic heterocycles. The highest BCUT2D eigenvalue weighted by Crippen LogP contribution is 2.31. The first-order valence-corrected chi connectivity index (χ1v) is 11.6. The predicted octanol–water partition coefficient (Wildman–Crippen LogP) is 5.51. The molecule has 0 saturated carbocycles. The minimum Gasteiger partial charge on any atom is -0.371 e. The molecule has 1 aromatic rings. The van der Waals surface area contributed by atoms with Gasteiger partial charge in [-0.05, 0) is 24.7 Å². The van der Waals surface area contributed by atoms with Gasteiger partial charge in [0.1, 0.15) is 16.8 Å². The van der Waals surface area contributed by atoms with Gasteiger partial charge in [0.05, 0.1) is 0 Å². The topological polar surface area (TPSA) is 59.5 Å². The monoisotopic (exact) mass is 410 g/mol. The Morgan fingerprint density at radius 1 is 1.25 bits per heavy atom. The fourth-order valence-corrected chi connectivity index (χ4v) is 4.08. The van der Waals surface area contributed by atoms with E-state index in [9.17, 15) is 9.59 Å². The summed E-state index contributed by atoms with van der Waals surface area (Å²) < 4.78 is 6.12. The molecule has 1 amide bonds. The van der Waals surface area contributed by atoms with Crippen molar-refractivity contribution < 1.29 is 14.3 Å². The van der Waals surface area contributed by atoms with E-state index in [1.165, 1.54) is 11.3 Å². The summed E-state index contributed by atoms with van der Waals surface area (Å²) in [5.74, 6) is 0.934. The van der Waals surface area contributed by atoms with Gasteiger partial charge < -0.3 is 9.64 Å². The molecule has 0 aliphatic carbocycles. The lowest BCUT2D eigenvalue weighted by Gasteiger charge is -2.37. The Morgan fingerprint density at radius 2 is 1.96 bits per heavy atom. The Hall–Kier alpha value is -1.27. The van der Waals surface area contributed by atoms with Crippen LogP contribution in [0.25, 0.3) is 0 Å². The van der Waals surface area contributed by atoms with Crippen LogP contribution < -0.4 is 0 Å². The van der Waals surface area contributed by atoms with Crippen molar-refractivity contribution in [2.45, 2.75) is 85.8 Å². The van der Waals surface area contributed by atoms with Gasteiger partial charge in [-0.2, -0.15) is 0 Å². The van der Waals surface area contributed by atoms with Crippen LogP contribution in [0, 0.1) is 11.8 Å². The predicted molar refractivity (Wildman–Crippen MR) is 116 cm³/mol. The molecule has 3 atom stereocenters. The molecular weight excluding hydrogens is 372 g/mol. The fourth-order valence-electron chi connectivity index (χ4n) is 3.26.